The molecule has 5 nitrogen and oxygen atoms in total. The smallest absolute Gasteiger partial charge is 0.262 e. The molecule has 0 bridgehead atoms. The van der Waals surface area contributed by atoms with E-state index < -0.39 is 6.04 Å². The first-order valence-corrected chi connectivity index (χ1v) is 9.96. The Morgan fingerprint density at radius 3 is 2.07 bits per heavy atom. The van der Waals surface area contributed by atoms with Gasteiger partial charge in [-0.15, -0.1) is 0 Å². The Balaban J connectivity index is 1.62. The number of nitrogens with one attached hydrogen (secondary N) is 1. The maximum atomic E-state index is 13.2. The molecule has 5 heteroatoms. The Hall–Kier alpha value is -2.95. The largest absolute Gasteiger partial charge is 0.352 e. The third-order valence-electron chi connectivity index (χ3n) is 5.66. The second-order valence-electron chi connectivity index (χ2n) is 7.57. The molecule has 1 N–H and O–H groups in total. The highest BCUT2D eigenvalue weighted by Crippen LogP contribution is 2.26. The van der Waals surface area contributed by atoms with E-state index in [9.17, 15) is 14.4 Å². The minimum absolute atomic E-state index is 0.120. The fraction of sp³-hybridized carbons (Fsp3) is 0.348. The molecular formula is C23H24N2O3. The van der Waals surface area contributed by atoms with Crippen molar-refractivity contribution in [2.75, 3.05) is 0 Å². The number of hydrogen-bond acceptors (Lipinski definition) is 3. The molecule has 144 valence electrons. The molecule has 1 aliphatic heterocycles. The zero-order chi connectivity index (χ0) is 19.5. The zero-order valence-corrected chi connectivity index (χ0v) is 15.8. The summed E-state index contributed by atoms with van der Waals surface area (Å²) >= 11 is 0. The van der Waals surface area contributed by atoms with Crippen molar-refractivity contribution in [1.82, 2.24) is 10.2 Å². The van der Waals surface area contributed by atoms with E-state index in [0.717, 1.165) is 36.1 Å². The Bertz CT molecular complexity index is 853. The van der Waals surface area contributed by atoms with E-state index in [2.05, 4.69) is 5.32 Å². The van der Waals surface area contributed by atoms with Gasteiger partial charge in [-0.05, 0) is 30.5 Å². The summed E-state index contributed by atoms with van der Waals surface area (Å²) in [4.78, 5) is 40.3. The van der Waals surface area contributed by atoms with Crippen LogP contribution in [0.2, 0.25) is 0 Å². The quantitative estimate of drug-likeness (QED) is 0.814. The minimum Gasteiger partial charge on any atom is -0.352 e. The number of rotatable bonds is 5. The first kappa shape index (κ1) is 18.4. The second-order valence-corrected chi connectivity index (χ2v) is 7.57. The number of carbonyl (C=O) groups is 3. The van der Waals surface area contributed by atoms with Crippen molar-refractivity contribution in [3.8, 4) is 0 Å². The van der Waals surface area contributed by atoms with Gasteiger partial charge in [0.25, 0.3) is 11.8 Å². The van der Waals surface area contributed by atoms with Crippen LogP contribution in [-0.2, 0) is 11.2 Å². The predicted molar refractivity (Wildman–Crippen MR) is 106 cm³/mol. The van der Waals surface area contributed by atoms with Crippen molar-refractivity contribution in [1.29, 1.82) is 0 Å². The Kier molecular flexibility index (Phi) is 5.24. The standard InChI is InChI=1S/C23H24N2O3/c26-21(24-17-11-5-2-6-12-17)20(15-16-9-3-1-4-10-16)25-22(27)18-13-7-8-14-19(18)23(25)28/h1,3-4,7-10,13-14,17,20H,2,5-6,11-12,15H2,(H,24,26)/t20-/m1/s1. The van der Waals surface area contributed by atoms with Crippen molar-refractivity contribution in [3.05, 3.63) is 71.3 Å². The summed E-state index contributed by atoms with van der Waals surface area (Å²) in [6.45, 7) is 0. The molecule has 0 radical (unpaired) electrons. The summed E-state index contributed by atoms with van der Waals surface area (Å²) in [5.41, 5.74) is 1.66. The molecule has 0 spiro atoms. The van der Waals surface area contributed by atoms with Crippen LogP contribution in [0, 0.1) is 0 Å². The predicted octanol–water partition coefficient (Wildman–Crippen LogP) is 3.34. The lowest BCUT2D eigenvalue weighted by Gasteiger charge is -2.29. The second kappa shape index (κ2) is 7.97. The van der Waals surface area contributed by atoms with Crippen molar-refractivity contribution in [2.24, 2.45) is 0 Å². The Labute approximate surface area is 164 Å². The Morgan fingerprint density at radius 1 is 0.893 bits per heavy atom. The molecule has 1 saturated carbocycles. The molecule has 4 rings (SSSR count). The number of imide groups is 1. The molecule has 2 aromatic carbocycles. The van der Waals surface area contributed by atoms with Crippen LogP contribution in [-0.4, -0.2) is 34.7 Å². The normalized spacial score (nSPS) is 18.1. The summed E-state index contributed by atoms with van der Waals surface area (Å²) in [6, 6.07) is 15.6. The van der Waals surface area contributed by atoms with Gasteiger partial charge >= 0.3 is 0 Å². The number of amides is 3. The van der Waals surface area contributed by atoms with Gasteiger partial charge in [0.1, 0.15) is 6.04 Å². The van der Waals surface area contributed by atoms with E-state index in [1.54, 1.807) is 24.3 Å². The summed E-state index contributed by atoms with van der Waals surface area (Å²) in [6.07, 6.45) is 5.60. The highest BCUT2D eigenvalue weighted by Gasteiger charge is 2.42. The van der Waals surface area contributed by atoms with E-state index >= 15 is 0 Å². The van der Waals surface area contributed by atoms with E-state index in [0.29, 0.717) is 17.5 Å². The summed E-state index contributed by atoms with van der Waals surface area (Å²) in [5.74, 6) is -1.02. The summed E-state index contributed by atoms with van der Waals surface area (Å²) in [7, 11) is 0. The van der Waals surface area contributed by atoms with Crippen molar-refractivity contribution in [2.45, 2.75) is 50.6 Å². The lowest BCUT2D eigenvalue weighted by Crippen LogP contribution is -2.53. The van der Waals surface area contributed by atoms with Gasteiger partial charge < -0.3 is 5.32 Å². The topological polar surface area (TPSA) is 66.5 Å². The van der Waals surface area contributed by atoms with Crippen LogP contribution in [0.3, 0.4) is 0 Å². The van der Waals surface area contributed by atoms with E-state index in [4.69, 9.17) is 0 Å². The molecule has 2 aromatic rings. The Morgan fingerprint density at radius 2 is 1.46 bits per heavy atom. The molecule has 1 atom stereocenters. The number of nitrogens with zero attached hydrogens (tertiary/aromatic N) is 1. The maximum Gasteiger partial charge on any atom is 0.262 e. The molecule has 3 amide bonds. The number of carbonyl (C=O) groups excluding carboxylic acids is 3. The van der Waals surface area contributed by atoms with Gasteiger partial charge in [-0.2, -0.15) is 0 Å². The first-order chi connectivity index (χ1) is 13.6. The summed E-state index contributed by atoms with van der Waals surface area (Å²) in [5, 5.41) is 3.10. The van der Waals surface area contributed by atoms with Crippen LogP contribution in [0.1, 0.15) is 58.4 Å². The van der Waals surface area contributed by atoms with Crippen LogP contribution in [0.15, 0.2) is 54.6 Å². The van der Waals surface area contributed by atoms with Gasteiger partial charge in [0.05, 0.1) is 11.1 Å². The molecule has 0 unspecified atom stereocenters. The number of hydrogen-bond donors (Lipinski definition) is 1. The van der Waals surface area contributed by atoms with Crippen molar-refractivity contribution >= 4 is 17.7 Å². The number of fused-ring (bicyclic) bond motifs is 1. The highest BCUT2D eigenvalue weighted by atomic mass is 16.2. The fourth-order valence-corrected chi connectivity index (χ4v) is 4.17. The SMILES string of the molecule is O=C(NC1CCCCC1)[C@@H](Cc1ccccc1)N1C(=O)c2ccccc2C1=O. The van der Waals surface area contributed by atoms with Gasteiger partial charge in [0.15, 0.2) is 0 Å². The number of benzene rings is 2. The molecule has 28 heavy (non-hydrogen) atoms. The molecule has 1 fully saturated rings. The average Bonchev–Trinajstić information content (AvgIpc) is 2.98. The van der Waals surface area contributed by atoms with Gasteiger partial charge in [0.2, 0.25) is 5.91 Å². The van der Waals surface area contributed by atoms with Crippen LogP contribution in [0.4, 0.5) is 0 Å². The van der Waals surface area contributed by atoms with Crippen molar-refractivity contribution < 1.29 is 14.4 Å². The maximum absolute atomic E-state index is 13.2. The van der Waals surface area contributed by atoms with Gasteiger partial charge in [-0.1, -0.05) is 61.7 Å². The van der Waals surface area contributed by atoms with Crippen LogP contribution in [0.25, 0.3) is 0 Å². The van der Waals surface area contributed by atoms with E-state index in [1.165, 1.54) is 6.42 Å². The fourth-order valence-electron chi connectivity index (χ4n) is 4.17. The third-order valence-corrected chi connectivity index (χ3v) is 5.66. The molecule has 0 saturated heterocycles. The van der Waals surface area contributed by atoms with Gasteiger partial charge in [-0.3, -0.25) is 19.3 Å². The zero-order valence-electron chi connectivity index (χ0n) is 15.8. The van der Waals surface area contributed by atoms with Crippen molar-refractivity contribution in [3.63, 3.8) is 0 Å². The highest BCUT2D eigenvalue weighted by molar-refractivity contribution is 6.22. The van der Waals surface area contributed by atoms with E-state index in [1.807, 2.05) is 30.3 Å². The molecule has 1 aliphatic carbocycles. The molecule has 0 aromatic heterocycles. The van der Waals surface area contributed by atoms with Crippen LogP contribution < -0.4 is 5.32 Å². The average molecular weight is 376 g/mol. The van der Waals surface area contributed by atoms with Crippen LogP contribution in [0.5, 0.6) is 0 Å². The van der Waals surface area contributed by atoms with Gasteiger partial charge in [0, 0.05) is 12.5 Å². The molecular weight excluding hydrogens is 352 g/mol. The van der Waals surface area contributed by atoms with Crippen LogP contribution >= 0.6 is 0 Å². The monoisotopic (exact) mass is 376 g/mol. The molecule has 2 aliphatic rings. The first-order valence-electron chi connectivity index (χ1n) is 9.96. The summed E-state index contributed by atoms with van der Waals surface area (Å²) < 4.78 is 0. The van der Waals surface area contributed by atoms with Gasteiger partial charge in [-0.25, -0.2) is 0 Å². The minimum atomic E-state index is -0.850. The third kappa shape index (κ3) is 3.57. The lowest BCUT2D eigenvalue weighted by molar-refractivity contribution is -0.126. The molecule has 1 heterocycles. The van der Waals surface area contributed by atoms with E-state index in [-0.39, 0.29) is 23.8 Å². The lowest BCUT2D eigenvalue weighted by atomic mass is 9.94.